The lowest BCUT2D eigenvalue weighted by Gasteiger charge is -2.35. The molecule has 16 nitrogen and oxygen atoms in total. The molecular weight excluding hydrogens is 1070 g/mol. The summed E-state index contributed by atoms with van der Waals surface area (Å²) >= 11 is 0. The number of aromatic amines is 4. The highest BCUT2D eigenvalue weighted by Crippen LogP contribution is 2.52. The number of amides is 2. The van der Waals surface area contributed by atoms with Gasteiger partial charge in [-0.3, -0.25) is 9.80 Å². The van der Waals surface area contributed by atoms with Gasteiger partial charge in [-0.15, -0.1) is 0 Å². The number of rotatable bonds is 10. The number of ether oxygens (including phenoxy) is 2. The van der Waals surface area contributed by atoms with Gasteiger partial charge in [-0.2, -0.15) is 0 Å². The quantitative estimate of drug-likeness (QED) is 0.0766. The van der Waals surface area contributed by atoms with E-state index in [1.807, 2.05) is 76.1 Å². The van der Waals surface area contributed by atoms with Crippen LogP contribution < -0.4 is 10.6 Å². The maximum atomic E-state index is 13.2. The zero-order valence-electron chi connectivity index (χ0n) is 50.3. The van der Waals surface area contributed by atoms with E-state index in [0.29, 0.717) is 36.0 Å². The van der Waals surface area contributed by atoms with Crippen LogP contribution in [0.2, 0.25) is 0 Å². The third-order valence-electron chi connectivity index (χ3n) is 20.1. The second-order valence-corrected chi connectivity index (χ2v) is 28.0. The van der Waals surface area contributed by atoms with Crippen molar-refractivity contribution in [2.24, 2.45) is 23.7 Å². The minimum absolute atomic E-state index is 0.0849. The van der Waals surface area contributed by atoms with Crippen molar-refractivity contribution >= 4 is 12.2 Å². The normalized spacial score (nSPS) is 27.7. The molecule has 444 valence electrons. The standard InChI is InChI=1S/C40H48N6O4.C30H32N6/c1-39(2,3)49-37(47)45-29-17-15-27(19-29)33(45)35-41-21-31(43-35)25-11-7-23(8-12-25)24-9-13-26(14-10-24)32-22-42-36(44-32)34-28-16-18-30(20-28)46(34)38(48)50-40(4,5)6;1-5-19(25-15-31-29(35-25)27-21-9-11-23(13-21)33-27)6-2-17(1)18-3-7-20(8-4-18)26-16-32-30(36-26)28-22-10-12-24(14-22)34-28/h7-14,21-22,27-30,33-34H,15-20H2,1-6H3,(H,41,43)(H,42,44);1-8,15-16,21-24,27-28,33-34H,9-14H2,(H,31,35)(H,32,36)/t27?,28?,29?,30?,33-,34-;21?,22?,23?,24?,27-,28-/m00/s1. The highest BCUT2D eigenvalue weighted by molar-refractivity contribution is 5.74. The number of carbonyl (C=O) groups is 2. The largest absolute Gasteiger partial charge is 0.444 e. The Morgan fingerprint density at radius 3 is 0.965 bits per heavy atom. The van der Waals surface area contributed by atoms with Gasteiger partial charge in [0, 0.05) is 24.2 Å². The minimum Gasteiger partial charge on any atom is -0.444 e. The van der Waals surface area contributed by atoms with E-state index in [1.54, 1.807) is 0 Å². The van der Waals surface area contributed by atoms with Crippen LogP contribution in [0.25, 0.3) is 67.3 Å². The van der Waals surface area contributed by atoms with Gasteiger partial charge >= 0.3 is 12.2 Å². The van der Waals surface area contributed by atoms with Crippen LogP contribution in [-0.2, 0) is 9.47 Å². The van der Waals surface area contributed by atoms with Crippen molar-refractivity contribution in [1.82, 2.24) is 60.3 Å². The topological polar surface area (TPSA) is 198 Å². The Balaban J connectivity index is 0.000000153. The first kappa shape index (κ1) is 54.8. The lowest BCUT2D eigenvalue weighted by Crippen LogP contribution is -2.43. The predicted molar refractivity (Wildman–Crippen MR) is 332 cm³/mol. The van der Waals surface area contributed by atoms with Gasteiger partial charge in [0.25, 0.3) is 0 Å². The van der Waals surface area contributed by atoms with Crippen LogP contribution in [0.3, 0.4) is 0 Å². The number of hydrogen-bond donors (Lipinski definition) is 6. The zero-order valence-corrected chi connectivity index (χ0v) is 50.3. The number of imidazole rings is 4. The summed E-state index contributed by atoms with van der Waals surface area (Å²) in [6, 6.07) is 37.0. The van der Waals surface area contributed by atoms with E-state index in [1.165, 1.54) is 60.8 Å². The molecule has 8 aliphatic rings. The minimum atomic E-state index is -0.537. The van der Waals surface area contributed by atoms with Gasteiger partial charge in [-0.1, -0.05) is 97.1 Å². The van der Waals surface area contributed by atoms with Gasteiger partial charge in [0.05, 0.1) is 71.7 Å². The molecule has 8 unspecified atom stereocenters. The molecule has 16 heteroatoms. The summed E-state index contributed by atoms with van der Waals surface area (Å²) in [5.74, 6) is 6.12. The summed E-state index contributed by atoms with van der Waals surface area (Å²) in [6.07, 6.45) is 21.4. The van der Waals surface area contributed by atoms with Crippen LogP contribution in [-0.4, -0.2) is 97.2 Å². The predicted octanol–water partition coefficient (Wildman–Crippen LogP) is 14.8. The summed E-state index contributed by atoms with van der Waals surface area (Å²) in [5, 5.41) is 7.47. The van der Waals surface area contributed by atoms with E-state index in [2.05, 4.69) is 128 Å². The number of nitrogens with one attached hydrogen (secondary N) is 6. The molecule has 8 bridgehead atoms. The summed E-state index contributed by atoms with van der Waals surface area (Å²) in [7, 11) is 0. The molecule has 2 amide bonds. The van der Waals surface area contributed by atoms with Crippen molar-refractivity contribution in [2.75, 3.05) is 0 Å². The van der Waals surface area contributed by atoms with Gasteiger partial charge in [0.1, 0.15) is 34.5 Å². The van der Waals surface area contributed by atoms with Gasteiger partial charge in [0.15, 0.2) is 0 Å². The molecule has 8 heterocycles. The molecule has 86 heavy (non-hydrogen) atoms. The Labute approximate surface area is 503 Å². The fourth-order valence-corrected chi connectivity index (χ4v) is 16.1. The summed E-state index contributed by atoms with van der Waals surface area (Å²) in [5.41, 5.74) is 12.1. The molecular formula is C70H80N12O4. The molecule has 8 aromatic rings. The number of hydrogen-bond acceptors (Lipinski definition) is 10. The van der Waals surface area contributed by atoms with Crippen LogP contribution in [0.5, 0.6) is 0 Å². The number of carbonyl (C=O) groups excluding carboxylic acids is 2. The van der Waals surface area contributed by atoms with Crippen LogP contribution in [0.15, 0.2) is 122 Å². The molecule has 4 aromatic carbocycles. The highest BCUT2D eigenvalue weighted by Gasteiger charge is 2.53. The van der Waals surface area contributed by atoms with E-state index in [-0.39, 0.29) is 36.4 Å². The molecule has 4 aliphatic heterocycles. The Hall–Kier alpha value is -7.82. The Kier molecular flexibility index (Phi) is 13.7. The molecule has 4 aromatic heterocycles. The first-order valence-electron chi connectivity index (χ1n) is 31.7. The van der Waals surface area contributed by atoms with Gasteiger partial charge < -0.3 is 40.0 Å². The first-order chi connectivity index (χ1) is 41.6. The zero-order chi connectivity index (χ0) is 58.6. The molecule has 0 spiro atoms. The number of H-pyrrole nitrogens is 4. The Bertz CT molecular complexity index is 3510. The Morgan fingerprint density at radius 2 is 0.674 bits per heavy atom. The highest BCUT2D eigenvalue weighted by atomic mass is 16.6. The van der Waals surface area contributed by atoms with Gasteiger partial charge in [-0.05, 0) is 187 Å². The fraction of sp³-hybridized carbons (Fsp3) is 0.457. The number of nitrogens with zero attached hydrogens (tertiary/aromatic N) is 6. The summed E-state index contributed by atoms with van der Waals surface area (Å²) in [6.45, 7) is 11.5. The third kappa shape index (κ3) is 10.5. The molecule has 0 radical (unpaired) electrons. The van der Waals surface area contributed by atoms with E-state index < -0.39 is 11.2 Å². The number of benzene rings is 4. The van der Waals surface area contributed by atoms with Crippen LogP contribution in [0.1, 0.15) is 166 Å². The summed E-state index contributed by atoms with van der Waals surface area (Å²) in [4.78, 5) is 63.4. The molecule has 12 atom stereocenters. The number of fused-ring (bicyclic) bond motifs is 8. The lowest BCUT2D eigenvalue weighted by atomic mass is 9.98. The van der Waals surface area contributed by atoms with Crippen LogP contribution >= 0.6 is 0 Å². The molecule has 4 saturated carbocycles. The molecule has 8 fully saturated rings. The van der Waals surface area contributed by atoms with E-state index in [4.69, 9.17) is 29.4 Å². The number of piperidine rings is 4. The average Bonchev–Trinajstić information content (AvgIpc) is 4.50. The Morgan fingerprint density at radius 1 is 0.384 bits per heavy atom. The number of aromatic nitrogens is 8. The fourth-order valence-electron chi connectivity index (χ4n) is 16.1. The average molecular weight is 1150 g/mol. The SMILES string of the molecule is CC(C)(C)OC(=O)N1C2CCC(C2)[C@H]1c1ncc(-c2ccc(-c3ccc(-c4cnc([C@@H]5C6CCC(C6)N5C(=O)OC(C)(C)C)[nH]4)cc3)cc2)[nH]1.c1cc(-c2cnc([C@H]3NC4CCC3C4)[nH]2)ccc1-c1ccc(-c2cnc([C@H]3NC4CCC3C4)[nH]2)cc1. The van der Waals surface area contributed by atoms with Crippen molar-refractivity contribution in [3.05, 3.63) is 145 Å². The van der Waals surface area contributed by atoms with Crippen molar-refractivity contribution in [3.8, 4) is 67.3 Å². The molecule has 4 saturated heterocycles. The van der Waals surface area contributed by atoms with Crippen LogP contribution in [0.4, 0.5) is 9.59 Å². The summed E-state index contributed by atoms with van der Waals surface area (Å²) < 4.78 is 11.6. The van der Waals surface area contributed by atoms with Gasteiger partial charge in [-0.25, -0.2) is 29.5 Å². The second-order valence-electron chi connectivity index (χ2n) is 28.0. The molecule has 4 aliphatic carbocycles. The van der Waals surface area contributed by atoms with Crippen molar-refractivity contribution in [2.45, 2.75) is 178 Å². The maximum absolute atomic E-state index is 13.2. The molecule has 6 N–H and O–H groups in total. The molecule has 16 rings (SSSR count). The number of likely N-dealkylation sites (tertiary alicyclic amines) is 2. The first-order valence-corrected chi connectivity index (χ1v) is 31.7. The smallest absolute Gasteiger partial charge is 0.411 e. The maximum Gasteiger partial charge on any atom is 0.411 e. The third-order valence-corrected chi connectivity index (χ3v) is 20.1. The van der Waals surface area contributed by atoms with Gasteiger partial charge in [0.2, 0.25) is 0 Å². The lowest BCUT2D eigenvalue weighted by molar-refractivity contribution is 0.00523. The second kappa shape index (κ2) is 21.5. The van der Waals surface area contributed by atoms with Crippen molar-refractivity contribution < 1.29 is 19.1 Å². The van der Waals surface area contributed by atoms with Crippen molar-refractivity contribution in [1.29, 1.82) is 0 Å². The van der Waals surface area contributed by atoms with Crippen molar-refractivity contribution in [3.63, 3.8) is 0 Å². The monoisotopic (exact) mass is 1150 g/mol. The van der Waals surface area contributed by atoms with E-state index >= 15 is 0 Å². The van der Waals surface area contributed by atoms with Crippen LogP contribution in [0, 0.1) is 23.7 Å². The van der Waals surface area contributed by atoms with E-state index in [0.717, 1.165) is 119 Å². The van der Waals surface area contributed by atoms with E-state index in [9.17, 15) is 9.59 Å².